The van der Waals surface area contributed by atoms with Crippen LogP contribution in [0.3, 0.4) is 0 Å². The van der Waals surface area contributed by atoms with Gasteiger partial charge in [-0.25, -0.2) is 4.79 Å². The molecule has 4 nitrogen and oxygen atoms in total. The molecule has 0 aliphatic heterocycles. The van der Waals surface area contributed by atoms with E-state index in [0.29, 0.717) is 6.54 Å². The fourth-order valence-electron chi connectivity index (χ4n) is 1.45. The zero-order chi connectivity index (χ0) is 14.6. The number of rotatable bonds is 3. The Hall–Kier alpha value is -2.05. The minimum Gasteiger partial charge on any atom is -0.338 e. The van der Waals surface area contributed by atoms with Crippen LogP contribution < -0.4 is 10.6 Å². The van der Waals surface area contributed by atoms with Crippen LogP contribution >= 0.6 is 0 Å². The molecule has 0 aliphatic rings. The number of hydrogen-bond donors (Lipinski definition) is 2. The van der Waals surface area contributed by atoms with Crippen LogP contribution in [0.4, 0.5) is 23.7 Å². The average Bonchev–Trinajstić information content (AvgIpc) is 2.27. The van der Waals surface area contributed by atoms with Crippen LogP contribution in [0, 0.1) is 0 Å². The summed E-state index contributed by atoms with van der Waals surface area (Å²) in [6.07, 6.45) is -4.53. The lowest BCUT2D eigenvalue weighted by molar-refractivity contribution is -0.137. The number of alkyl halides is 3. The molecule has 19 heavy (non-hydrogen) atoms. The first-order valence-corrected chi connectivity index (χ1v) is 5.52. The number of amides is 2. The third-order valence-electron chi connectivity index (χ3n) is 2.31. The van der Waals surface area contributed by atoms with E-state index in [1.54, 1.807) is 6.92 Å². The first-order chi connectivity index (χ1) is 8.75. The first kappa shape index (κ1) is 15.0. The molecule has 104 valence electrons. The Morgan fingerprint density at radius 1 is 1.26 bits per heavy atom. The van der Waals surface area contributed by atoms with Crippen molar-refractivity contribution in [2.24, 2.45) is 0 Å². The number of anilines is 1. The second-order valence-corrected chi connectivity index (χ2v) is 3.80. The van der Waals surface area contributed by atoms with E-state index >= 15 is 0 Å². The van der Waals surface area contributed by atoms with E-state index < -0.39 is 23.6 Å². The van der Waals surface area contributed by atoms with E-state index in [2.05, 4.69) is 10.6 Å². The highest BCUT2D eigenvalue weighted by Gasteiger charge is 2.31. The SMILES string of the molecule is CCNC(=O)Nc1ccc(C(F)(F)F)cc1C(C)=O. The third-order valence-corrected chi connectivity index (χ3v) is 2.31. The van der Waals surface area contributed by atoms with Crippen molar-refractivity contribution in [3.63, 3.8) is 0 Å². The molecular weight excluding hydrogens is 261 g/mol. The van der Waals surface area contributed by atoms with Gasteiger partial charge in [0.1, 0.15) is 0 Å². The van der Waals surface area contributed by atoms with Gasteiger partial charge in [0.05, 0.1) is 11.3 Å². The Labute approximate surface area is 108 Å². The summed E-state index contributed by atoms with van der Waals surface area (Å²) in [5, 5.41) is 4.75. The monoisotopic (exact) mass is 274 g/mol. The molecule has 0 spiro atoms. The predicted molar refractivity (Wildman–Crippen MR) is 64.1 cm³/mol. The van der Waals surface area contributed by atoms with Gasteiger partial charge in [0, 0.05) is 12.1 Å². The number of benzene rings is 1. The highest BCUT2D eigenvalue weighted by atomic mass is 19.4. The molecule has 0 saturated carbocycles. The van der Waals surface area contributed by atoms with Gasteiger partial charge in [-0.2, -0.15) is 13.2 Å². The molecule has 0 fully saturated rings. The highest BCUT2D eigenvalue weighted by molar-refractivity contribution is 6.03. The summed E-state index contributed by atoms with van der Waals surface area (Å²) in [6.45, 7) is 3.19. The number of carbonyl (C=O) groups is 2. The number of nitrogens with one attached hydrogen (secondary N) is 2. The van der Waals surface area contributed by atoms with Crippen LogP contribution in [0.1, 0.15) is 29.8 Å². The standard InChI is InChI=1S/C12H13F3N2O2/c1-3-16-11(19)17-10-5-4-8(12(13,14)15)6-9(10)7(2)18/h4-6H,3H2,1-2H3,(H2,16,17,19). The van der Waals surface area contributed by atoms with Gasteiger partial charge >= 0.3 is 12.2 Å². The van der Waals surface area contributed by atoms with Crippen molar-refractivity contribution in [1.29, 1.82) is 0 Å². The number of Topliss-reactive ketones (excluding diaryl/α,β-unsaturated/α-hetero) is 1. The Bertz CT molecular complexity index is 498. The summed E-state index contributed by atoms with van der Waals surface area (Å²) in [4.78, 5) is 22.7. The van der Waals surface area contributed by atoms with Crippen molar-refractivity contribution in [3.8, 4) is 0 Å². The van der Waals surface area contributed by atoms with Gasteiger partial charge in [-0.3, -0.25) is 4.79 Å². The molecule has 0 unspecified atom stereocenters. The fourth-order valence-corrected chi connectivity index (χ4v) is 1.45. The zero-order valence-electron chi connectivity index (χ0n) is 10.4. The Kier molecular flexibility index (Phi) is 4.52. The van der Waals surface area contributed by atoms with Crippen LogP contribution in [-0.4, -0.2) is 18.4 Å². The number of halogens is 3. The van der Waals surface area contributed by atoms with Crippen LogP contribution in [-0.2, 0) is 6.18 Å². The van der Waals surface area contributed by atoms with Gasteiger partial charge in [-0.15, -0.1) is 0 Å². The van der Waals surface area contributed by atoms with Gasteiger partial charge in [0.25, 0.3) is 0 Å². The molecule has 0 bridgehead atoms. The lowest BCUT2D eigenvalue weighted by Crippen LogP contribution is -2.29. The molecule has 0 radical (unpaired) electrons. The van der Waals surface area contributed by atoms with E-state index in [1.165, 1.54) is 0 Å². The summed E-state index contributed by atoms with van der Waals surface area (Å²) in [6, 6.07) is 2.02. The molecular formula is C12H13F3N2O2. The van der Waals surface area contributed by atoms with Crippen molar-refractivity contribution >= 4 is 17.5 Å². The van der Waals surface area contributed by atoms with Gasteiger partial charge in [0.2, 0.25) is 0 Å². The second-order valence-electron chi connectivity index (χ2n) is 3.80. The minimum atomic E-state index is -4.53. The molecule has 0 heterocycles. The minimum absolute atomic E-state index is 0.0476. The van der Waals surface area contributed by atoms with Gasteiger partial charge in [-0.1, -0.05) is 0 Å². The number of ketones is 1. The maximum atomic E-state index is 12.5. The zero-order valence-corrected chi connectivity index (χ0v) is 10.4. The molecule has 1 rings (SSSR count). The van der Waals surface area contributed by atoms with Crippen molar-refractivity contribution < 1.29 is 22.8 Å². The number of carbonyl (C=O) groups excluding carboxylic acids is 2. The van der Waals surface area contributed by atoms with Crippen molar-refractivity contribution in [1.82, 2.24) is 5.32 Å². The molecule has 0 saturated heterocycles. The van der Waals surface area contributed by atoms with Gasteiger partial charge in [0.15, 0.2) is 5.78 Å². The van der Waals surface area contributed by atoms with E-state index in [1.807, 2.05) is 0 Å². The molecule has 0 aromatic heterocycles. The average molecular weight is 274 g/mol. The van der Waals surface area contributed by atoms with Crippen LogP contribution in [0.25, 0.3) is 0 Å². The van der Waals surface area contributed by atoms with Gasteiger partial charge in [-0.05, 0) is 32.0 Å². The molecule has 2 amide bonds. The lowest BCUT2D eigenvalue weighted by Gasteiger charge is -2.13. The predicted octanol–water partition coefficient (Wildman–Crippen LogP) is 3.05. The maximum Gasteiger partial charge on any atom is 0.416 e. The Balaban J connectivity index is 3.12. The second kappa shape index (κ2) is 5.73. The molecule has 1 aromatic carbocycles. The topological polar surface area (TPSA) is 58.2 Å². The number of hydrogen-bond acceptors (Lipinski definition) is 2. The summed E-state index contributed by atoms with van der Waals surface area (Å²) < 4.78 is 37.6. The smallest absolute Gasteiger partial charge is 0.338 e. The highest BCUT2D eigenvalue weighted by Crippen LogP contribution is 2.32. The van der Waals surface area contributed by atoms with Crippen LogP contribution in [0.2, 0.25) is 0 Å². The van der Waals surface area contributed by atoms with Crippen LogP contribution in [0.15, 0.2) is 18.2 Å². The molecule has 0 atom stereocenters. The van der Waals surface area contributed by atoms with Gasteiger partial charge < -0.3 is 10.6 Å². The first-order valence-electron chi connectivity index (χ1n) is 5.52. The Morgan fingerprint density at radius 2 is 1.89 bits per heavy atom. The fraction of sp³-hybridized carbons (Fsp3) is 0.333. The normalized spacial score (nSPS) is 11.0. The molecule has 0 aliphatic carbocycles. The summed E-state index contributed by atoms with van der Waals surface area (Å²) in [5.41, 5.74) is -1.06. The lowest BCUT2D eigenvalue weighted by atomic mass is 10.1. The van der Waals surface area contributed by atoms with E-state index in [4.69, 9.17) is 0 Å². The van der Waals surface area contributed by atoms with Crippen molar-refractivity contribution in [2.45, 2.75) is 20.0 Å². The van der Waals surface area contributed by atoms with E-state index in [-0.39, 0.29) is 11.3 Å². The summed E-state index contributed by atoms with van der Waals surface area (Å²) in [5.74, 6) is -0.558. The summed E-state index contributed by atoms with van der Waals surface area (Å²) in [7, 11) is 0. The molecule has 7 heteroatoms. The largest absolute Gasteiger partial charge is 0.416 e. The number of urea groups is 1. The quantitative estimate of drug-likeness (QED) is 0.832. The third kappa shape index (κ3) is 3.97. The maximum absolute atomic E-state index is 12.5. The molecule has 1 aromatic rings. The van der Waals surface area contributed by atoms with E-state index in [0.717, 1.165) is 25.1 Å². The van der Waals surface area contributed by atoms with Crippen molar-refractivity contribution in [3.05, 3.63) is 29.3 Å². The summed E-state index contributed by atoms with van der Waals surface area (Å²) >= 11 is 0. The van der Waals surface area contributed by atoms with Crippen molar-refractivity contribution in [2.75, 3.05) is 11.9 Å². The molecule has 2 N–H and O–H groups in total. The Morgan fingerprint density at radius 3 is 2.37 bits per heavy atom. The van der Waals surface area contributed by atoms with E-state index in [9.17, 15) is 22.8 Å². The van der Waals surface area contributed by atoms with Crippen LogP contribution in [0.5, 0.6) is 0 Å².